The topological polar surface area (TPSA) is 60.9 Å². The first kappa shape index (κ1) is 15.3. The van der Waals surface area contributed by atoms with E-state index < -0.39 is 11.8 Å². The first-order valence-electron chi connectivity index (χ1n) is 7.18. The quantitative estimate of drug-likeness (QED) is 0.728. The molecule has 1 fully saturated rings. The van der Waals surface area contributed by atoms with E-state index in [-0.39, 0.29) is 12.6 Å². The molecule has 6 nitrogen and oxygen atoms in total. The van der Waals surface area contributed by atoms with Gasteiger partial charge in [-0.1, -0.05) is 11.6 Å². The zero-order valence-electron chi connectivity index (χ0n) is 12.2. The van der Waals surface area contributed by atoms with Gasteiger partial charge in [0.05, 0.1) is 4.34 Å². The molecule has 3 rings (SSSR count). The Balaban J connectivity index is 1.72. The lowest BCUT2D eigenvalue weighted by Crippen LogP contribution is -2.59. The SMILES string of the molecule is CCN1CCN(C(=O)N2CCc3sc(Cl)cc3C2)C(=O)C1=O. The summed E-state index contributed by atoms with van der Waals surface area (Å²) in [5.74, 6) is -1.33. The van der Waals surface area contributed by atoms with Crippen LogP contribution < -0.4 is 0 Å². The Labute approximate surface area is 137 Å². The highest BCUT2D eigenvalue weighted by Crippen LogP contribution is 2.31. The molecule has 1 aromatic heterocycles. The predicted octanol–water partition coefficient (Wildman–Crippen LogP) is 1.57. The van der Waals surface area contributed by atoms with E-state index in [9.17, 15) is 14.4 Å². The molecule has 0 radical (unpaired) electrons. The van der Waals surface area contributed by atoms with Crippen LogP contribution in [0.25, 0.3) is 0 Å². The number of piperazine rings is 1. The molecular weight excluding hydrogens is 326 g/mol. The van der Waals surface area contributed by atoms with Gasteiger partial charge < -0.3 is 9.80 Å². The number of carbonyl (C=O) groups is 3. The molecule has 1 saturated heterocycles. The van der Waals surface area contributed by atoms with Crippen molar-refractivity contribution >= 4 is 40.8 Å². The Kier molecular flexibility index (Phi) is 4.10. The second-order valence-electron chi connectivity index (χ2n) is 5.29. The van der Waals surface area contributed by atoms with Crippen LogP contribution in [0.5, 0.6) is 0 Å². The van der Waals surface area contributed by atoms with Gasteiger partial charge in [-0.25, -0.2) is 4.79 Å². The van der Waals surface area contributed by atoms with Crippen molar-refractivity contribution in [2.45, 2.75) is 19.9 Å². The van der Waals surface area contributed by atoms with E-state index in [4.69, 9.17) is 11.6 Å². The van der Waals surface area contributed by atoms with E-state index in [0.29, 0.717) is 30.5 Å². The molecule has 2 aliphatic heterocycles. The molecule has 4 amide bonds. The number of nitrogens with zero attached hydrogens (tertiary/aromatic N) is 3. The molecular formula is C14H16ClN3O3S. The molecule has 0 atom stereocenters. The Bertz CT molecular complexity index is 645. The van der Waals surface area contributed by atoms with Crippen LogP contribution >= 0.6 is 22.9 Å². The van der Waals surface area contributed by atoms with E-state index >= 15 is 0 Å². The van der Waals surface area contributed by atoms with Crippen molar-refractivity contribution in [3.63, 3.8) is 0 Å². The van der Waals surface area contributed by atoms with Gasteiger partial charge in [-0.05, 0) is 25.0 Å². The van der Waals surface area contributed by atoms with Crippen molar-refractivity contribution in [1.82, 2.24) is 14.7 Å². The van der Waals surface area contributed by atoms with Crippen LogP contribution in [0.3, 0.4) is 0 Å². The lowest BCUT2D eigenvalue weighted by Gasteiger charge is -2.36. The number of hydrogen-bond donors (Lipinski definition) is 0. The van der Waals surface area contributed by atoms with Crippen LogP contribution in [-0.4, -0.2) is 58.7 Å². The van der Waals surface area contributed by atoms with E-state index in [0.717, 1.165) is 16.9 Å². The number of urea groups is 1. The summed E-state index contributed by atoms with van der Waals surface area (Å²) in [6, 6.07) is 1.48. The third-order valence-corrected chi connectivity index (χ3v) is 5.39. The molecule has 0 N–H and O–H groups in total. The first-order valence-corrected chi connectivity index (χ1v) is 8.37. The minimum atomic E-state index is -0.729. The highest BCUT2D eigenvalue weighted by molar-refractivity contribution is 7.16. The van der Waals surface area contributed by atoms with Crippen molar-refractivity contribution in [3.05, 3.63) is 20.8 Å². The average Bonchev–Trinajstić information content (AvgIpc) is 2.88. The summed E-state index contributed by atoms with van der Waals surface area (Å²) < 4.78 is 0.710. The molecule has 0 spiro atoms. The second-order valence-corrected chi connectivity index (χ2v) is 7.06. The molecule has 0 aliphatic carbocycles. The number of fused-ring (bicyclic) bond motifs is 1. The summed E-state index contributed by atoms with van der Waals surface area (Å²) in [4.78, 5) is 41.9. The zero-order valence-corrected chi connectivity index (χ0v) is 13.7. The van der Waals surface area contributed by atoms with Gasteiger partial charge in [0.15, 0.2) is 0 Å². The largest absolute Gasteiger partial charge is 0.333 e. The summed E-state index contributed by atoms with van der Waals surface area (Å²) in [6.45, 7) is 3.92. The maximum Gasteiger partial charge on any atom is 0.327 e. The predicted molar refractivity (Wildman–Crippen MR) is 82.8 cm³/mol. The van der Waals surface area contributed by atoms with Crippen molar-refractivity contribution in [3.8, 4) is 0 Å². The van der Waals surface area contributed by atoms with Crippen molar-refractivity contribution in [2.75, 3.05) is 26.2 Å². The minimum absolute atomic E-state index is 0.255. The summed E-state index contributed by atoms with van der Waals surface area (Å²) in [6.07, 6.45) is 0.732. The fourth-order valence-electron chi connectivity index (χ4n) is 2.79. The zero-order chi connectivity index (χ0) is 15.9. The van der Waals surface area contributed by atoms with Gasteiger partial charge in [0.1, 0.15) is 0 Å². The molecule has 0 aromatic carbocycles. The second kappa shape index (κ2) is 5.89. The lowest BCUT2D eigenvalue weighted by atomic mass is 10.1. The average molecular weight is 342 g/mol. The van der Waals surface area contributed by atoms with E-state index in [1.54, 1.807) is 4.90 Å². The van der Waals surface area contributed by atoms with E-state index in [1.165, 1.54) is 21.1 Å². The molecule has 22 heavy (non-hydrogen) atoms. The van der Waals surface area contributed by atoms with Gasteiger partial charge in [-0.3, -0.25) is 14.5 Å². The summed E-state index contributed by atoms with van der Waals surface area (Å²) in [5, 5.41) is 0. The number of imide groups is 1. The van der Waals surface area contributed by atoms with Crippen LogP contribution in [0.2, 0.25) is 4.34 Å². The molecule has 2 aliphatic rings. The molecule has 0 saturated carbocycles. The molecule has 0 unspecified atom stereocenters. The number of amides is 4. The van der Waals surface area contributed by atoms with Gasteiger partial charge >= 0.3 is 17.8 Å². The number of rotatable bonds is 1. The highest BCUT2D eigenvalue weighted by atomic mass is 35.5. The third kappa shape index (κ3) is 2.59. The number of likely N-dealkylation sites (N-methyl/N-ethyl adjacent to an activating group) is 1. The molecule has 118 valence electrons. The van der Waals surface area contributed by atoms with Crippen LogP contribution in [0.15, 0.2) is 6.07 Å². The normalized spacial score (nSPS) is 18.7. The van der Waals surface area contributed by atoms with Crippen molar-refractivity contribution in [1.29, 1.82) is 0 Å². The van der Waals surface area contributed by atoms with Gasteiger partial charge in [0.2, 0.25) is 0 Å². The van der Waals surface area contributed by atoms with Crippen molar-refractivity contribution < 1.29 is 14.4 Å². The third-order valence-electron chi connectivity index (χ3n) is 4.03. The standard InChI is InChI=1S/C14H16ClN3O3S/c1-2-16-5-6-18(13(20)12(16)19)14(21)17-4-3-10-9(8-17)7-11(15)22-10/h7H,2-6,8H2,1H3. The van der Waals surface area contributed by atoms with Crippen LogP contribution in [0.1, 0.15) is 17.4 Å². The molecule has 3 heterocycles. The maximum absolute atomic E-state index is 12.6. The van der Waals surface area contributed by atoms with Crippen molar-refractivity contribution in [2.24, 2.45) is 0 Å². The van der Waals surface area contributed by atoms with Gasteiger partial charge in [-0.15, -0.1) is 11.3 Å². The summed E-state index contributed by atoms with van der Waals surface area (Å²) >= 11 is 7.53. The minimum Gasteiger partial charge on any atom is -0.333 e. The Morgan fingerprint density at radius 1 is 1.27 bits per heavy atom. The van der Waals surface area contributed by atoms with Crippen LogP contribution in [-0.2, 0) is 22.6 Å². The summed E-state index contributed by atoms with van der Waals surface area (Å²) in [5.41, 5.74) is 1.03. The first-order chi connectivity index (χ1) is 10.5. The van der Waals surface area contributed by atoms with Gasteiger partial charge in [0, 0.05) is 37.6 Å². The smallest absolute Gasteiger partial charge is 0.327 e. The fraction of sp³-hybridized carbons (Fsp3) is 0.500. The molecule has 0 bridgehead atoms. The lowest BCUT2D eigenvalue weighted by molar-refractivity contribution is -0.153. The Morgan fingerprint density at radius 3 is 2.77 bits per heavy atom. The number of thiophene rings is 1. The Hall–Kier alpha value is -1.60. The summed E-state index contributed by atoms with van der Waals surface area (Å²) in [7, 11) is 0. The molecule has 8 heteroatoms. The van der Waals surface area contributed by atoms with Gasteiger partial charge in [-0.2, -0.15) is 0 Å². The maximum atomic E-state index is 12.6. The highest BCUT2D eigenvalue weighted by Gasteiger charge is 2.38. The fourth-order valence-corrected chi connectivity index (χ4v) is 4.09. The number of hydrogen-bond acceptors (Lipinski definition) is 4. The number of halogens is 1. The number of carbonyl (C=O) groups excluding carboxylic acids is 3. The van der Waals surface area contributed by atoms with E-state index in [1.807, 2.05) is 13.0 Å². The molecule has 1 aromatic rings. The monoisotopic (exact) mass is 341 g/mol. The van der Waals surface area contributed by atoms with Crippen LogP contribution in [0, 0.1) is 0 Å². The van der Waals surface area contributed by atoms with Gasteiger partial charge in [0.25, 0.3) is 0 Å². The Morgan fingerprint density at radius 2 is 2.05 bits per heavy atom. The van der Waals surface area contributed by atoms with E-state index in [2.05, 4.69) is 0 Å². The van der Waals surface area contributed by atoms with Crippen LogP contribution in [0.4, 0.5) is 4.79 Å².